The van der Waals surface area contributed by atoms with Crippen molar-refractivity contribution in [2.24, 2.45) is 13.0 Å². The summed E-state index contributed by atoms with van der Waals surface area (Å²) in [5, 5.41) is 7.85. The van der Waals surface area contributed by atoms with E-state index in [2.05, 4.69) is 60.8 Å². The molecule has 19 heavy (non-hydrogen) atoms. The lowest BCUT2D eigenvalue weighted by atomic mass is 9.97. The Balaban J connectivity index is 2.02. The van der Waals surface area contributed by atoms with Gasteiger partial charge in [0.25, 0.3) is 0 Å². The number of benzene rings is 1. The van der Waals surface area contributed by atoms with Crippen LogP contribution < -0.4 is 5.32 Å². The number of hydrogen-bond acceptors (Lipinski definition) is 2. The van der Waals surface area contributed by atoms with E-state index in [1.165, 1.54) is 11.1 Å². The first-order valence-corrected chi connectivity index (χ1v) is 6.91. The predicted octanol–water partition coefficient (Wildman–Crippen LogP) is 3.30. The van der Waals surface area contributed by atoms with E-state index in [1.54, 1.807) is 0 Å². The summed E-state index contributed by atoms with van der Waals surface area (Å²) in [6.07, 6.45) is 5.12. The Kier molecular flexibility index (Phi) is 4.74. The van der Waals surface area contributed by atoms with E-state index in [0.29, 0.717) is 12.0 Å². The van der Waals surface area contributed by atoms with Crippen molar-refractivity contribution in [3.8, 4) is 0 Å². The first-order chi connectivity index (χ1) is 9.15. The van der Waals surface area contributed by atoms with Crippen LogP contribution in [0.5, 0.6) is 0 Å². The highest BCUT2D eigenvalue weighted by Crippen LogP contribution is 2.21. The SMILES string of the molecule is CC(C)CC(NCc1cnn(C)c1)c1ccccc1. The molecule has 0 spiro atoms. The minimum absolute atomic E-state index is 0.404. The molecule has 0 saturated carbocycles. The van der Waals surface area contributed by atoms with E-state index in [4.69, 9.17) is 0 Å². The molecule has 0 amide bonds. The highest BCUT2D eigenvalue weighted by Gasteiger charge is 2.12. The van der Waals surface area contributed by atoms with E-state index in [1.807, 2.05) is 17.9 Å². The Bertz CT molecular complexity index is 488. The smallest absolute Gasteiger partial charge is 0.0534 e. The first-order valence-electron chi connectivity index (χ1n) is 6.91. The average molecular weight is 257 g/mol. The molecule has 102 valence electrons. The van der Waals surface area contributed by atoms with Crippen molar-refractivity contribution >= 4 is 0 Å². The standard InChI is InChI=1S/C16H23N3/c1-13(2)9-16(15-7-5-4-6-8-15)17-10-14-11-18-19(3)12-14/h4-8,11-13,16-17H,9-10H2,1-3H3. The summed E-state index contributed by atoms with van der Waals surface area (Å²) in [5.74, 6) is 0.673. The topological polar surface area (TPSA) is 29.9 Å². The average Bonchev–Trinajstić information content (AvgIpc) is 2.81. The van der Waals surface area contributed by atoms with Crippen molar-refractivity contribution in [3.63, 3.8) is 0 Å². The summed E-state index contributed by atoms with van der Waals surface area (Å²) >= 11 is 0. The van der Waals surface area contributed by atoms with Gasteiger partial charge in [-0.25, -0.2) is 0 Å². The fourth-order valence-electron chi connectivity index (χ4n) is 2.30. The zero-order valence-corrected chi connectivity index (χ0v) is 12.0. The number of hydrogen-bond donors (Lipinski definition) is 1. The molecular weight excluding hydrogens is 234 g/mol. The molecule has 0 fully saturated rings. The molecule has 1 N–H and O–H groups in total. The normalized spacial score (nSPS) is 12.8. The summed E-state index contributed by atoms with van der Waals surface area (Å²) in [6, 6.07) is 11.1. The highest BCUT2D eigenvalue weighted by atomic mass is 15.2. The van der Waals surface area contributed by atoms with Gasteiger partial charge in [-0.1, -0.05) is 44.2 Å². The van der Waals surface area contributed by atoms with Gasteiger partial charge in [-0.3, -0.25) is 4.68 Å². The lowest BCUT2D eigenvalue weighted by Crippen LogP contribution is -2.22. The van der Waals surface area contributed by atoms with E-state index in [-0.39, 0.29) is 0 Å². The molecule has 0 saturated heterocycles. The van der Waals surface area contributed by atoms with Crippen LogP contribution in [0.2, 0.25) is 0 Å². The maximum Gasteiger partial charge on any atom is 0.0534 e. The Hall–Kier alpha value is -1.61. The third kappa shape index (κ3) is 4.21. The summed E-state index contributed by atoms with van der Waals surface area (Å²) in [5.41, 5.74) is 2.59. The van der Waals surface area contributed by atoms with E-state index < -0.39 is 0 Å². The van der Waals surface area contributed by atoms with Gasteiger partial charge < -0.3 is 5.32 Å². The van der Waals surface area contributed by atoms with Gasteiger partial charge in [0, 0.05) is 31.4 Å². The van der Waals surface area contributed by atoms with Crippen molar-refractivity contribution in [1.82, 2.24) is 15.1 Å². The van der Waals surface area contributed by atoms with Crippen LogP contribution in [0.1, 0.15) is 37.4 Å². The number of aromatic nitrogens is 2. The van der Waals surface area contributed by atoms with Crippen LogP contribution in [0.25, 0.3) is 0 Å². The molecule has 3 heteroatoms. The largest absolute Gasteiger partial charge is 0.306 e. The fourth-order valence-corrected chi connectivity index (χ4v) is 2.30. The molecule has 1 atom stereocenters. The molecule has 0 radical (unpaired) electrons. The van der Waals surface area contributed by atoms with Crippen LogP contribution in [-0.4, -0.2) is 9.78 Å². The first kappa shape index (κ1) is 13.8. The molecule has 3 nitrogen and oxygen atoms in total. The molecule has 1 heterocycles. The number of rotatable bonds is 6. The molecular formula is C16H23N3. The van der Waals surface area contributed by atoms with Gasteiger partial charge in [-0.2, -0.15) is 5.10 Å². The molecule has 0 aliphatic carbocycles. The molecule has 0 aliphatic rings. The second-order valence-corrected chi connectivity index (χ2v) is 5.50. The van der Waals surface area contributed by atoms with Crippen molar-refractivity contribution in [2.45, 2.75) is 32.9 Å². The molecule has 2 aromatic rings. The van der Waals surface area contributed by atoms with Crippen LogP contribution in [-0.2, 0) is 13.6 Å². The lowest BCUT2D eigenvalue weighted by molar-refractivity contribution is 0.428. The molecule has 0 bridgehead atoms. The van der Waals surface area contributed by atoms with Crippen LogP contribution in [0.4, 0.5) is 0 Å². The Labute approximate surface area is 115 Å². The second kappa shape index (κ2) is 6.53. The summed E-state index contributed by atoms with van der Waals surface area (Å²) < 4.78 is 1.84. The minimum atomic E-state index is 0.404. The van der Waals surface area contributed by atoms with E-state index in [9.17, 15) is 0 Å². The quantitative estimate of drug-likeness (QED) is 0.860. The molecule has 1 unspecified atom stereocenters. The minimum Gasteiger partial charge on any atom is -0.306 e. The second-order valence-electron chi connectivity index (χ2n) is 5.50. The Morgan fingerprint density at radius 1 is 1.21 bits per heavy atom. The Morgan fingerprint density at radius 3 is 2.53 bits per heavy atom. The van der Waals surface area contributed by atoms with Crippen LogP contribution in [0, 0.1) is 5.92 Å². The van der Waals surface area contributed by atoms with Crippen molar-refractivity contribution in [2.75, 3.05) is 0 Å². The molecule has 0 aliphatic heterocycles. The predicted molar refractivity (Wildman–Crippen MR) is 78.7 cm³/mol. The van der Waals surface area contributed by atoms with Crippen LogP contribution >= 0.6 is 0 Å². The Morgan fingerprint density at radius 2 is 1.95 bits per heavy atom. The third-order valence-corrected chi connectivity index (χ3v) is 3.22. The fraction of sp³-hybridized carbons (Fsp3) is 0.438. The van der Waals surface area contributed by atoms with Gasteiger partial charge in [-0.05, 0) is 17.9 Å². The van der Waals surface area contributed by atoms with Gasteiger partial charge in [0.15, 0.2) is 0 Å². The van der Waals surface area contributed by atoms with Crippen LogP contribution in [0.15, 0.2) is 42.7 Å². The monoisotopic (exact) mass is 257 g/mol. The number of nitrogens with zero attached hydrogens (tertiary/aromatic N) is 2. The number of nitrogens with one attached hydrogen (secondary N) is 1. The van der Waals surface area contributed by atoms with Gasteiger partial charge in [-0.15, -0.1) is 0 Å². The van der Waals surface area contributed by atoms with Crippen molar-refractivity contribution < 1.29 is 0 Å². The number of aryl methyl sites for hydroxylation is 1. The molecule has 1 aromatic carbocycles. The van der Waals surface area contributed by atoms with E-state index in [0.717, 1.165) is 13.0 Å². The molecule has 1 aromatic heterocycles. The zero-order valence-electron chi connectivity index (χ0n) is 12.0. The zero-order chi connectivity index (χ0) is 13.7. The van der Waals surface area contributed by atoms with Crippen molar-refractivity contribution in [3.05, 3.63) is 53.9 Å². The lowest BCUT2D eigenvalue weighted by Gasteiger charge is -2.21. The highest BCUT2D eigenvalue weighted by molar-refractivity contribution is 5.19. The third-order valence-electron chi connectivity index (χ3n) is 3.22. The van der Waals surface area contributed by atoms with Crippen molar-refractivity contribution in [1.29, 1.82) is 0 Å². The van der Waals surface area contributed by atoms with Gasteiger partial charge in [0.05, 0.1) is 6.20 Å². The molecule has 2 rings (SSSR count). The van der Waals surface area contributed by atoms with Gasteiger partial charge in [0.1, 0.15) is 0 Å². The van der Waals surface area contributed by atoms with Crippen LogP contribution in [0.3, 0.4) is 0 Å². The maximum absolute atomic E-state index is 4.20. The van der Waals surface area contributed by atoms with Gasteiger partial charge in [0.2, 0.25) is 0 Å². The maximum atomic E-state index is 4.20. The van der Waals surface area contributed by atoms with E-state index >= 15 is 0 Å². The van der Waals surface area contributed by atoms with Gasteiger partial charge >= 0.3 is 0 Å². The summed E-state index contributed by atoms with van der Waals surface area (Å²) in [6.45, 7) is 5.39. The summed E-state index contributed by atoms with van der Waals surface area (Å²) in [4.78, 5) is 0. The summed E-state index contributed by atoms with van der Waals surface area (Å²) in [7, 11) is 1.95.